The van der Waals surface area contributed by atoms with Crippen LogP contribution < -0.4 is 14.4 Å². The SMILES string of the molecule is COc1ccc(C2=C(SC(C)C)C(=O)N(c3cc(C)ccc3OC)C2=O)cc1. The van der Waals surface area contributed by atoms with Gasteiger partial charge in [0.15, 0.2) is 0 Å². The van der Waals surface area contributed by atoms with Crippen LogP contribution in [0.15, 0.2) is 47.4 Å². The molecule has 0 radical (unpaired) electrons. The minimum atomic E-state index is -0.345. The Kier molecular flexibility index (Phi) is 5.79. The van der Waals surface area contributed by atoms with Crippen molar-refractivity contribution in [1.82, 2.24) is 0 Å². The maximum atomic E-state index is 13.4. The summed E-state index contributed by atoms with van der Waals surface area (Å²) in [6.45, 7) is 5.91. The Morgan fingerprint density at radius 3 is 2.18 bits per heavy atom. The van der Waals surface area contributed by atoms with Gasteiger partial charge < -0.3 is 9.47 Å². The number of carbonyl (C=O) groups is 2. The third kappa shape index (κ3) is 3.64. The van der Waals surface area contributed by atoms with E-state index in [-0.39, 0.29) is 17.1 Å². The number of hydrogen-bond donors (Lipinski definition) is 0. The smallest absolute Gasteiger partial charge is 0.272 e. The molecule has 5 nitrogen and oxygen atoms in total. The van der Waals surface area contributed by atoms with E-state index < -0.39 is 0 Å². The van der Waals surface area contributed by atoms with Crippen LogP contribution in [0, 0.1) is 6.92 Å². The molecule has 28 heavy (non-hydrogen) atoms. The Hall–Kier alpha value is -2.73. The standard InChI is InChI=1S/C22H23NO4S/c1-13(2)28-20-19(15-7-9-16(26-4)10-8-15)21(24)23(22(20)25)17-12-14(3)6-11-18(17)27-5/h6-13H,1-5H3. The molecule has 6 heteroatoms. The van der Waals surface area contributed by atoms with Crippen LogP contribution in [0.5, 0.6) is 11.5 Å². The highest BCUT2D eigenvalue weighted by atomic mass is 32.2. The number of hydrogen-bond acceptors (Lipinski definition) is 5. The lowest BCUT2D eigenvalue weighted by molar-refractivity contribution is -0.119. The number of aryl methyl sites for hydroxylation is 1. The van der Waals surface area contributed by atoms with E-state index in [2.05, 4.69) is 0 Å². The number of ether oxygens (including phenoxy) is 2. The van der Waals surface area contributed by atoms with Gasteiger partial charge in [0.2, 0.25) is 0 Å². The van der Waals surface area contributed by atoms with E-state index in [4.69, 9.17) is 9.47 Å². The molecule has 1 aliphatic rings. The lowest BCUT2D eigenvalue weighted by atomic mass is 10.1. The van der Waals surface area contributed by atoms with Crippen molar-refractivity contribution in [2.45, 2.75) is 26.0 Å². The maximum absolute atomic E-state index is 13.4. The molecule has 0 atom stereocenters. The average Bonchev–Trinajstić information content (AvgIpc) is 2.91. The number of anilines is 1. The quantitative estimate of drug-likeness (QED) is 0.675. The van der Waals surface area contributed by atoms with Crippen LogP contribution >= 0.6 is 11.8 Å². The summed E-state index contributed by atoms with van der Waals surface area (Å²) in [5.74, 6) is 0.509. The molecular weight excluding hydrogens is 374 g/mol. The van der Waals surface area contributed by atoms with E-state index in [9.17, 15) is 9.59 Å². The Labute approximate surface area is 169 Å². The van der Waals surface area contributed by atoms with Gasteiger partial charge in [0.05, 0.1) is 30.4 Å². The van der Waals surface area contributed by atoms with Gasteiger partial charge in [0.1, 0.15) is 11.5 Å². The number of benzene rings is 2. The van der Waals surface area contributed by atoms with Crippen molar-refractivity contribution in [3.05, 3.63) is 58.5 Å². The van der Waals surface area contributed by atoms with Gasteiger partial charge in [-0.2, -0.15) is 0 Å². The minimum Gasteiger partial charge on any atom is -0.497 e. The number of nitrogens with zero attached hydrogens (tertiary/aromatic N) is 1. The average molecular weight is 397 g/mol. The fourth-order valence-corrected chi connectivity index (χ4v) is 4.05. The highest BCUT2D eigenvalue weighted by Crippen LogP contribution is 2.42. The molecule has 1 aliphatic heterocycles. The molecule has 0 N–H and O–H groups in total. The number of carbonyl (C=O) groups excluding carboxylic acids is 2. The monoisotopic (exact) mass is 397 g/mol. The summed E-state index contributed by atoms with van der Waals surface area (Å²) < 4.78 is 10.6. The van der Waals surface area contributed by atoms with Crippen molar-refractivity contribution in [3.8, 4) is 11.5 Å². The summed E-state index contributed by atoms with van der Waals surface area (Å²) in [5.41, 5.74) is 2.50. The predicted octanol–water partition coefficient (Wildman–Crippen LogP) is 4.44. The molecule has 2 aromatic rings. The summed E-state index contributed by atoms with van der Waals surface area (Å²) in [6, 6.07) is 12.6. The number of methoxy groups -OCH3 is 2. The first kappa shape index (κ1) is 20.0. The fraction of sp³-hybridized carbons (Fsp3) is 0.273. The zero-order chi connectivity index (χ0) is 20.4. The number of amides is 2. The van der Waals surface area contributed by atoms with Crippen molar-refractivity contribution in [2.24, 2.45) is 0 Å². The van der Waals surface area contributed by atoms with Gasteiger partial charge in [-0.15, -0.1) is 11.8 Å². The first-order chi connectivity index (χ1) is 13.4. The van der Waals surface area contributed by atoms with Crippen molar-refractivity contribution < 1.29 is 19.1 Å². The molecule has 0 unspecified atom stereocenters. The Balaban J connectivity index is 2.13. The van der Waals surface area contributed by atoms with E-state index >= 15 is 0 Å². The van der Waals surface area contributed by atoms with Gasteiger partial charge in [-0.25, -0.2) is 4.90 Å². The van der Waals surface area contributed by atoms with Crippen LogP contribution in [-0.4, -0.2) is 31.3 Å². The largest absolute Gasteiger partial charge is 0.497 e. The molecule has 0 fully saturated rings. The van der Waals surface area contributed by atoms with Gasteiger partial charge >= 0.3 is 0 Å². The van der Waals surface area contributed by atoms with Gasteiger partial charge in [-0.05, 0) is 42.3 Å². The van der Waals surface area contributed by atoms with Crippen LogP contribution in [0.1, 0.15) is 25.0 Å². The molecule has 0 saturated heterocycles. The zero-order valence-corrected chi connectivity index (χ0v) is 17.4. The summed E-state index contributed by atoms with van der Waals surface area (Å²) in [5, 5.41) is 0.152. The van der Waals surface area contributed by atoms with E-state index in [1.54, 1.807) is 43.5 Å². The van der Waals surface area contributed by atoms with Crippen LogP contribution in [0.25, 0.3) is 5.57 Å². The second kappa shape index (κ2) is 8.10. The van der Waals surface area contributed by atoms with Crippen molar-refractivity contribution in [3.63, 3.8) is 0 Å². The lowest BCUT2D eigenvalue weighted by Gasteiger charge is -2.19. The summed E-state index contributed by atoms with van der Waals surface area (Å²) in [6.07, 6.45) is 0. The Bertz CT molecular complexity index is 948. The molecule has 0 aromatic heterocycles. The van der Waals surface area contributed by atoms with Crippen molar-refractivity contribution in [1.29, 1.82) is 0 Å². The van der Waals surface area contributed by atoms with Gasteiger partial charge in [0.25, 0.3) is 11.8 Å². The molecule has 2 aromatic carbocycles. The van der Waals surface area contributed by atoms with E-state index in [1.807, 2.05) is 26.8 Å². The van der Waals surface area contributed by atoms with Gasteiger partial charge in [-0.1, -0.05) is 32.0 Å². The minimum absolute atomic E-state index is 0.152. The van der Waals surface area contributed by atoms with Crippen LogP contribution in [0.4, 0.5) is 5.69 Å². The normalized spacial score (nSPS) is 14.3. The molecule has 0 spiro atoms. The molecule has 0 saturated carbocycles. The zero-order valence-electron chi connectivity index (χ0n) is 16.6. The fourth-order valence-electron chi connectivity index (χ4n) is 3.06. The van der Waals surface area contributed by atoms with E-state index in [0.29, 0.717) is 33.2 Å². The third-order valence-corrected chi connectivity index (χ3v) is 5.43. The number of thioether (sulfide) groups is 1. The highest BCUT2D eigenvalue weighted by Gasteiger charge is 2.41. The van der Waals surface area contributed by atoms with E-state index in [1.165, 1.54) is 23.8 Å². The van der Waals surface area contributed by atoms with Crippen molar-refractivity contribution in [2.75, 3.05) is 19.1 Å². The number of rotatable bonds is 6. The molecule has 146 valence electrons. The van der Waals surface area contributed by atoms with Crippen molar-refractivity contribution >= 4 is 34.8 Å². The summed E-state index contributed by atoms with van der Waals surface area (Å²) in [7, 11) is 3.12. The maximum Gasteiger partial charge on any atom is 0.272 e. The second-order valence-corrected chi connectivity index (χ2v) is 8.31. The molecular formula is C22H23NO4S. The lowest BCUT2D eigenvalue weighted by Crippen LogP contribution is -2.31. The molecule has 1 heterocycles. The summed E-state index contributed by atoms with van der Waals surface area (Å²) in [4.78, 5) is 28.3. The summed E-state index contributed by atoms with van der Waals surface area (Å²) >= 11 is 1.40. The first-order valence-electron chi connectivity index (χ1n) is 8.96. The molecule has 2 amide bonds. The number of imide groups is 1. The highest BCUT2D eigenvalue weighted by molar-refractivity contribution is 8.04. The van der Waals surface area contributed by atoms with Crippen LogP contribution in [0.3, 0.4) is 0 Å². The van der Waals surface area contributed by atoms with Gasteiger partial charge in [0, 0.05) is 5.25 Å². The molecule has 3 rings (SSSR count). The van der Waals surface area contributed by atoms with E-state index in [0.717, 1.165) is 5.56 Å². The second-order valence-electron chi connectivity index (χ2n) is 6.72. The van der Waals surface area contributed by atoms with Crippen LogP contribution in [0.2, 0.25) is 0 Å². The molecule has 0 aliphatic carbocycles. The predicted molar refractivity (Wildman–Crippen MR) is 113 cm³/mol. The van der Waals surface area contributed by atoms with Gasteiger partial charge in [-0.3, -0.25) is 9.59 Å². The Morgan fingerprint density at radius 1 is 0.929 bits per heavy atom. The Morgan fingerprint density at radius 2 is 1.61 bits per heavy atom. The van der Waals surface area contributed by atoms with Crippen LogP contribution in [-0.2, 0) is 9.59 Å². The topological polar surface area (TPSA) is 55.8 Å². The molecule has 0 bridgehead atoms. The third-order valence-electron chi connectivity index (χ3n) is 4.35. The first-order valence-corrected chi connectivity index (χ1v) is 9.84.